The maximum atomic E-state index is 4.17. The summed E-state index contributed by atoms with van der Waals surface area (Å²) in [7, 11) is 0. The summed E-state index contributed by atoms with van der Waals surface area (Å²) in [4.78, 5) is 0. The lowest BCUT2D eigenvalue weighted by molar-refractivity contribution is 0.729. The molecular weight excluding hydrogens is 280 g/mol. The summed E-state index contributed by atoms with van der Waals surface area (Å²) in [6.45, 7) is 2.17. The molecule has 0 N–H and O–H groups in total. The van der Waals surface area contributed by atoms with Crippen molar-refractivity contribution in [1.82, 2.24) is 20.2 Å². The van der Waals surface area contributed by atoms with Gasteiger partial charge in [0.1, 0.15) is 0 Å². The van der Waals surface area contributed by atoms with Crippen LogP contribution in [0.2, 0.25) is 0 Å². The SMILES string of the molecule is CCc1cccc2c1-n1nnnc1SC2c1ccccc1. The first-order valence-corrected chi connectivity index (χ1v) is 7.88. The largest absolute Gasteiger partial charge is 0.215 e. The van der Waals surface area contributed by atoms with Crippen molar-refractivity contribution in [1.29, 1.82) is 0 Å². The van der Waals surface area contributed by atoms with Gasteiger partial charge in [-0.3, -0.25) is 0 Å². The maximum Gasteiger partial charge on any atom is 0.215 e. The first kappa shape index (κ1) is 12.6. The van der Waals surface area contributed by atoms with Crippen LogP contribution in [-0.4, -0.2) is 20.2 Å². The van der Waals surface area contributed by atoms with E-state index in [1.807, 2.05) is 10.7 Å². The molecule has 1 aliphatic heterocycles. The van der Waals surface area contributed by atoms with Crippen molar-refractivity contribution in [2.24, 2.45) is 0 Å². The molecule has 0 bridgehead atoms. The molecule has 21 heavy (non-hydrogen) atoms. The summed E-state index contributed by atoms with van der Waals surface area (Å²) in [5.74, 6) is 0. The number of benzene rings is 2. The van der Waals surface area contributed by atoms with Crippen molar-refractivity contribution in [3.8, 4) is 5.69 Å². The zero-order valence-corrected chi connectivity index (χ0v) is 12.4. The molecule has 0 spiro atoms. The number of tetrazole rings is 1. The van der Waals surface area contributed by atoms with Crippen LogP contribution in [0.5, 0.6) is 0 Å². The number of thioether (sulfide) groups is 1. The molecule has 3 aromatic rings. The number of nitrogens with zero attached hydrogens (tertiary/aromatic N) is 4. The van der Waals surface area contributed by atoms with Crippen LogP contribution in [0.25, 0.3) is 5.69 Å². The van der Waals surface area contributed by atoms with Gasteiger partial charge in [-0.15, -0.1) is 5.10 Å². The summed E-state index contributed by atoms with van der Waals surface area (Å²) < 4.78 is 1.87. The average Bonchev–Trinajstić information content (AvgIpc) is 3.02. The predicted molar refractivity (Wildman–Crippen MR) is 82.7 cm³/mol. The van der Waals surface area contributed by atoms with Crippen LogP contribution in [0.3, 0.4) is 0 Å². The summed E-state index contributed by atoms with van der Waals surface area (Å²) >= 11 is 1.71. The molecule has 0 saturated heterocycles. The summed E-state index contributed by atoms with van der Waals surface area (Å²) in [6, 6.07) is 17.0. The van der Waals surface area contributed by atoms with Gasteiger partial charge in [0.05, 0.1) is 10.9 Å². The Labute approximate surface area is 127 Å². The third kappa shape index (κ3) is 1.96. The third-order valence-electron chi connectivity index (χ3n) is 3.79. The minimum Gasteiger partial charge on any atom is -0.187 e. The molecule has 0 saturated carbocycles. The highest BCUT2D eigenvalue weighted by atomic mass is 32.2. The van der Waals surface area contributed by atoms with Crippen molar-refractivity contribution in [2.75, 3.05) is 0 Å². The van der Waals surface area contributed by atoms with E-state index in [9.17, 15) is 0 Å². The highest BCUT2D eigenvalue weighted by Gasteiger charge is 2.30. The Morgan fingerprint density at radius 2 is 1.95 bits per heavy atom. The molecule has 5 heteroatoms. The van der Waals surface area contributed by atoms with Crippen LogP contribution < -0.4 is 0 Å². The maximum absolute atomic E-state index is 4.17. The standard InChI is InChI=1S/C16H14N4S/c1-2-11-9-6-10-13-14(11)20-16(17-18-19-20)21-15(13)12-7-4-3-5-8-12/h3-10,15H,2H2,1H3. The van der Waals surface area contributed by atoms with Crippen LogP contribution in [0.4, 0.5) is 0 Å². The van der Waals surface area contributed by atoms with Gasteiger partial charge in [-0.2, -0.15) is 4.68 Å². The fraction of sp³-hybridized carbons (Fsp3) is 0.188. The van der Waals surface area contributed by atoms with E-state index in [-0.39, 0.29) is 5.25 Å². The van der Waals surface area contributed by atoms with Crippen LogP contribution in [0.1, 0.15) is 28.9 Å². The van der Waals surface area contributed by atoms with Crippen molar-refractivity contribution >= 4 is 11.8 Å². The molecule has 0 fully saturated rings. The number of fused-ring (bicyclic) bond motifs is 3. The molecule has 4 nitrogen and oxygen atoms in total. The van der Waals surface area contributed by atoms with Crippen LogP contribution in [0.15, 0.2) is 53.7 Å². The van der Waals surface area contributed by atoms with E-state index in [4.69, 9.17) is 0 Å². The van der Waals surface area contributed by atoms with E-state index in [2.05, 4.69) is 64.9 Å². The number of rotatable bonds is 2. The van der Waals surface area contributed by atoms with Gasteiger partial charge >= 0.3 is 0 Å². The number of aryl methyl sites for hydroxylation is 1. The van der Waals surface area contributed by atoms with Crippen LogP contribution in [0, 0.1) is 0 Å². The van der Waals surface area contributed by atoms with E-state index in [0.717, 1.165) is 17.3 Å². The highest BCUT2D eigenvalue weighted by Crippen LogP contribution is 2.46. The zero-order valence-electron chi connectivity index (χ0n) is 11.6. The molecule has 104 valence electrons. The van der Waals surface area contributed by atoms with E-state index >= 15 is 0 Å². The Kier molecular flexibility index (Phi) is 3.00. The Morgan fingerprint density at radius 3 is 2.76 bits per heavy atom. The average molecular weight is 294 g/mol. The van der Waals surface area contributed by atoms with Crippen LogP contribution in [-0.2, 0) is 6.42 Å². The summed E-state index contributed by atoms with van der Waals surface area (Å²) in [5, 5.41) is 13.3. The number of aromatic nitrogens is 4. The van der Waals surface area contributed by atoms with Crippen molar-refractivity contribution in [2.45, 2.75) is 23.8 Å². The third-order valence-corrected chi connectivity index (χ3v) is 5.02. The molecule has 1 atom stereocenters. The normalized spacial score (nSPS) is 16.3. The Bertz CT molecular complexity index is 782. The second-order valence-corrected chi connectivity index (χ2v) is 6.06. The molecule has 1 unspecified atom stereocenters. The molecule has 2 aromatic carbocycles. The number of para-hydroxylation sites is 1. The summed E-state index contributed by atoms with van der Waals surface area (Å²) in [6.07, 6.45) is 0.967. The Hall–Kier alpha value is -2.14. The van der Waals surface area contributed by atoms with E-state index in [1.54, 1.807) is 11.8 Å². The number of hydrogen-bond donors (Lipinski definition) is 0. The second kappa shape index (κ2) is 5.00. The summed E-state index contributed by atoms with van der Waals surface area (Å²) in [5.41, 5.74) is 4.99. The molecule has 4 rings (SSSR count). The molecule has 0 aliphatic carbocycles. The van der Waals surface area contributed by atoms with Gasteiger partial charge in [0.25, 0.3) is 0 Å². The zero-order chi connectivity index (χ0) is 14.2. The Morgan fingerprint density at radius 1 is 1.10 bits per heavy atom. The van der Waals surface area contributed by atoms with E-state index in [1.165, 1.54) is 16.7 Å². The van der Waals surface area contributed by atoms with Gasteiger partial charge in [-0.1, -0.05) is 67.2 Å². The highest BCUT2D eigenvalue weighted by molar-refractivity contribution is 7.99. The molecular formula is C16H14N4S. The predicted octanol–water partition coefficient (Wildman–Crippen LogP) is 3.42. The molecule has 2 heterocycles. The van der Waals surface area contributed by atoms with Gasteiger partial charge in [0.15, 0.2) is 0 Å². The minimum absolute atomic E-state index is 0.242. The van der Waals surface area contributed by atoms with Gasteiger partial charge < -0.3 is 0 Å². The molecule has 1 aromatic heterocycles. The van der Waals surface area contributed by atoms with Crippen molar-refractivity contribution in [3.05, 3.63) is 65.2 Å². The molecule has 1 aliphatic rings. The van der Waals surface area contributed by atoms with E-state index in [0.29, 0.717) is 0 Å². The first-order chi connectivity index (χ1) is 10.4. The fourth-order valence-electron chi connectivity index (χ4n) is 2.80. The van der Waals surface area contributed by atoms with Gasteiger partial charge in [0, 0.05) is 0 Å². The van der Waals surface area contributed by atoms with Gasteiger partial charge in [0.2, 0.25) is 5.16 Å². The fourth-order valence-corrected chi connectivity index (χ4v) is 3.94. The van der Waals surface area contributed by atoms with E-state index < -0.39 is 0 Å². The quantitative estimate of drug-likeness (QED) is 0.726. The Balaban J connectivity index is 1.96. The minimum atomic E-state index is 0.242. The smallest absolute Gasteiger partial charge is 0.187 e. The second-order valence-electron chi connectivity index (χ2n) is 4.99. The topological polar surface area (TPSA) is 43.6 Å². The van der Waals surface area contributed by atoms with Gasteiger partial charge in [-0.25, -0.2) is 0 Å². The first-order valence-electron chi connectivity index (χ1n) is 7.00. The lowest BCUT2D eigenvalue weighted by Gasteiger charge is -2.26. The van der Waals surface area contributed by atoms with Crippen LogP contribution >= 0.6 is 11.8 Å². The van der Waals surface area contributed by atoms with Gasteiger partial charge in [-0.05, 0) is 33.5 Å². The lowest BCUT2D eigenvalue weighted by atomic mass is 9.98. The van der Waals surface area contributed by atoms with Crippen molar-refractivity contribution in [3.63, 3.8) is 0 Å². The molecule has 0 radical (unpaired) electrons. The molecule has 0 amide bonds. The van der Waals surface area contributed by atoms with Crippen molar-refractivity contribution < 1.29 is 0 Å². The monoisotopic (exact) mass is 294 g/mol. The lowest BCUT2D eigenvalue weighted by Crippen LogP contribution is -2.14. The number of hydrogen-bond acceptors (Lipinski definition) is 4.